The Labute approximate surface area is 121 Å². The third kappa shape index (κ3) is 3.05. The predicted molar refractivity (Wildman–Crippen MR) is 76.4 cm³/mol. The molecule has 2 aromatic heterocycles. The molecule has 6 nitrogen and oxygen atoms in total. The van der Waals surface area contributed by atoms with Crippen molar-refractivity contribution in [3.05, 3.63) is 18.4 Å². The van der Waals surface area contributed by atoms with Gasteiger partial charge in [0, 0.05) is 17.7 Å². The van der Waals surface area contributed by atoms with Crippen LogP contribution in [-0.4, -0.2) is 43.9 Å². The van der Waals surface area contributed by atoms with Gasteiger partial charge in [-0.2, -0.15) is 0 Å². The summed E-state index contributed by atoms with van der Waals surface area (Å²) in [5.41, 5.74) is -0.528. The van der Waals surface area contributed by atoms with Crippen LogP contribution in [0.5, 0.6) is 0 Å². The molecule has 110 valence electrons. The summed E-state index contributed by atoms with van der Waals surface area (Å²) >= 11 is 1.47. The molecule has 0 bridgehead atoms. The predicted octanol–water partition coefficient (Wildman–Crippen LogP) is 1.64. The number of aliphatic hydroxyl groups excluding tert-OH is 2. The van der Waals surface area contributed by atoms with E-state index >= 15 is 0 Å². The van der Waals surface area contributed by atoms with E-state index in [2.05, 4.69) is 10.2 Å². The first-order valence-corrected chi connectivity index (χ1v) is 7.43. The van der Waals surface area contributed by atoms with Crippen molar-refractivity contribution in [1.82, 2.24) is 14.8 Å². The smallest absolute Gasteiger partial charge is 0.200 e. The van der Waals surface area contributed by atoms with E-state index in [1.54, 1.807) is 6.26 Å². The van der Waals surface area contributed by atoms with Gasteiger partial charge in [-0.3, -0.25) is 4.57 Å². The summed E-state index contributed by atoms with van der Waals surface area (Å²) in [6.07, 6.45) is 1.60. The maximum Gasteiger partial charge on any atom is 0.200 e. The van der Waals surface area contributed by atoms with Crippen molar-refractivity contribution in [2.45, 2.75) is 25.5 Å². The highest BCUT2D eigenvalue weighted by atomic mass is 32.2. The summed E-state index contributed by atoms with van der Waals surface area (Å²) in [6.45, 7) is 4.43. The van der Waals surface area contributed by atoms with E-state index in [9.17, 15) is 10.2 Å². The summed E-state index contributed by atoms with van der Waals surface area (Å²) in [4.78, 5) is 0. The van der Waals surface area contributed by atoms with E-state index in [1.165, 1.54) is 11.8 Å². The summed E-state index contributed by atoms with van der Waals surface area (Å²) in [7, 11) is 0. The molecular weight excluding hydrogens is 278 g/mol. The average molecular weight is 297 g/mol. The van der Waals surface area contributed by atoms with E-state index in [0.717, 1.165) is 11.7 Å². The Bertz CT molecular complexity index is 535. The molecule has 2 N–H and O–H groups in total. The van der Waals surface area contributed by atoms with Gasteiger partial charge in [0.05, 0.1) is 19.5 Å². The lowest BCUT2D eigenvalue weighted by Gasteiger charge is -2.23. The summed E-state index contributed by atoms with van der Waals surface area (Å²) in [5, 5.41) is 27.7. The molecule has 0 aliphatic heterocycles. The number of aromatic nitrogens is 3. The van der Waals surface area contributed by atoms with E-state index < -0.39 is 5.41 Å². The molecule has 0 aliphatic rings. The fourth-order valence-electron chi connectivity index (χ4n) is 1.65. The third-order valence-electron chi connectivity index (χ3n) is 3.09. The average Bonchev–Trinajstić information content (AvgIpc) is 3.12. The molecule has 2 heterocycles. The normalized spacial score (nSPS) is 12.0. The Morgan fingerprint density at radius 2 is 2.10 bits per heavy atom. The maximum atomic E-state index is 9.31. The van der Waals surface area contributed by atoms with Crippen LogP contribution in [0.15, 0.2) is 28.0 Å². The zero-order valence-electron chi connectivity index (χ0n) is 11.6. The van der Waals surface area contributed by atoms with Gasteiger partial charge in [-0.15, -0.1) is 10.2 Å². The van der Waals surface area contributed by atoms with Gasteiger partial charge in [0.1, 0.15) is 0 Å². The van der Waals surface area contributed by atoms with Gasteiger partial charge >= 0.3 is 0 Å². The molecule has 0 aromatic carbocycles. The van der Waals surface area contributed by atoms with E-state index in [-0.39, 0.29) is 13.2 Å². The molecule has 2 rings (SSSR count). The summed E-state index contributed by atoms with van der Waals surface area (Å²) < 4.78 is 7.31. The molecule has 0 spiro atoms. The van der Waals surface area contributed by atoms with Gasteiger partial charge in [-0.05, 0) is 19.1 Å². The Morgan fingerprint density at radius 1 is 1.35 bits per heavy atom. The van der Waals surface area contributed by atoms with Gasteiger partial charge in [-0.1, -0.05) is 18.7 Å². The zero-order chi connectivity index (χ0) is 14.6. The van der Waals surface area contributed by atoms with Crippen LogP contribution in [0.3, 0.4) is 0 Å². The molecule has 0 aliphatic carbocycles. The fourth-order valence-corrected chi connectivity index (χ4v) is 2.78. The van der Waals surface area contributed by atoms with Gasteiger partial charge in [-0.25, -0.2) is 0 Å². The van der Waals surface area contributed by atoms with Crippen LogP contribution in [0, 0.1) is 5.41 Å². The molecule has 7 heteroatoms. The van der Waals surface area contributed by atoms with Crippen molar-refractivity contribution in [1.29, 1.82) is 0 Å². The molecule has 0 fully saturated rings. The largest absolute Gasteiger partial charge is 0.461 e. The lowest BCUT2D eigenvalue weighted by atomic mass is 9.96. The Kier molecular flexibility index (Phi) is 4.85. The molecule has 0 radical (unpaired) electrons. The van der Waals surface area contributed by atoms with E-state index in [0.29, 0.717) is 17.3 Å². The number of hydrogen-bond acceptors (Lipinski definition) is 6. The van der Waals surface area contributed by atoms with Crippen LogP contribution in [0.4, 0.5) is 0 Å². The highest BCUT2D eigenvalue weighted by Crippen LogP contribution is 2.29. The molecule has 0 saturated carbocycles. The van der Waals surface area contributed by atoms with Gasteiger partial charge in [0.25, 0.3) is 0 Å². The van der Waals surface area contributed by atoms with Crippen molar-refractivity contribution in [2.24, 2.45) is 5.41 Å². The Morgan fingerprint density at radius 3 is 2.65 bits per heavy atom. The van der Waals surface area contributed by atoms with Crippen molar-refractivity contribution in [2.75, 3.05) is 19.0 Å². The minimum absolute atomic E-state index is 0.0677. The third-order valence-corrected chi connectivity index (χ3v) is 4.49. The number of rotatable bonds is 7. The first kappa shape index (κ1) is 15.1. The topological polar surface area (TPSA) is 84.3 Å². The quantitative estimate of drug-likeness (QED) is 0.756. The number of aliphatic hydroxyl groups is 2. The van der Waals surface area contributed by atoms with E-state index in [4.69, 9.17) is 4.42 Å². The maximum absolute atomic E-state index is 9.31. The molecule has 0 atom stereocenters. The minimum atomic E-state index is -0.528. The second-order valence-corrected chi connectivity index (χ2v) is 5.89. The van der Waals surface area contributed by atoms with Crippen LogP contribution >= 0.6 is 11.8 Å². The van der Waals surface area contributed by atoms with Crippen LogP contribution in [-0.2, 0) is 6.54 Å². The Balaban J connectivity index is 2.17. The van der Waals surface area contributed by atoms with Crippen LogP contribution in [0.2, 0.25) is 0 Å². The molecule has 0 amide bonds. The van der Waals surface area contributed by atoms with Crippen molar-refractivity contribution >= 4 is 11.8 Å². The van der Waals surface area contributed by atoms with Crippen LogP contribution in [0.25, 0.3) is 11.6 Å². The summed E-state index contributed by atoms with van der Waals surface area (Å²) in [6, 6.07) is 3.65. The molecule has 0 unspecified atom stereocenters. The van der Waals surface area contributed by atoms with Crippen LogP contribution in [0.1, 0.15) is 13.8 Å². The standard InChI is InChI=1S/C13H19N3O3S/c1-3-16-11(10-5-4-6-19-10)14-15-12(16)20-9-13(2,7-17)8-18/h4-6,17-18H,3,7-9H2,1-2H3. The molecule has 0 saturated heterocycles. The second kappa shape index (κ2) is 6.43. The van der Waals surface area contributed by atoms with Crippen LogP contribution < -0.4 is 0 Å². The summed E-state index contributed by atoms with van der Waals surface area (Å²) in [5.74, 6) is 1.93. The number of thioether (sulfide) groups is 1. The monoisotopic (exact) mass is 297 g/mol. The van der Waals surface area contributed by atoms with Crippen molar-refractivity contribution in [3.8, 4) is 11.6 Å². The Hall–Kier alpha value is -1.31. The minimum Gasteiger partial charge on any atom is -0.461 e. The number of hydrogen-bond donors (Lipinski definition) is 2. The zero-order valence-corrected chi connectivity index (χ0v) is 12.4. The highest BCUT2D eigenvalue weighted by Gasteiger charge is 2.24. The SMILES string of the molecule is CCn1c(SCC(C)(CO)CO)nnc1-c1ccco1. The van der Waals surface area contributed by atoms with Gasteiger partial charge in [0.15, 0.2) is 16.7 Å². The highest BCUT2D eigenvalue weighted by molar-refractivity contribution is 7.99. The van der Waals surface area contributed by atoms with Crippen molar-refractivity contribution < 1.29 is 14.6 Å². The first-order chi connectivity index (χ1) is 9.63. The number of nitrogens with zero attached hydrogens (tertiary/aromatic N) is 3. The molecule has 20 heavy (non-hydrogen) atoms. The van der Waals surface area contributed by atoms with Gasteiger partial charge < -0.3 is 14.6 Å². The van der Waals surface area contributed by atoms with Gasteiger partial charge in [0.2, 0.25) is 0 Å². The second-order valence-electron chi connectivity index (χ2n) is 4.94. The fraction of sp³-hybridized carbons (Fsp3) is 0.538. The van der Waals surface area contributed by atoms with Crippen molar-refractivity contribution in [3.63, 3.8) is 0 Å². The molecular formula is C13H19N3O3S. The molecule has 2 aromatic rings. The van der Waals surface area contributed by atoms with E-state index in [1.807, 2.05) is 30.5 Å². The lowest BCUT2D eigenvalue weighted by Crippen LogP contribution is -2.28. The lowest BCUT2D eigenvalue weighted by molar-refractivity contribution is 0.0894. The first-order valence-electron chi connectivity index (χ1n) is 6.45. The number of furan rings is 1.